The second-order valence-electron chi connectivity index (χ2n) is 3.11. The number of carboxylic acids is 1. The summed E-state index contributed by atoms with van der Waals surface area (Å²) in [5.41, 5.74) is 0.133. The molecular formula is C11H6O2S2. The molecule has 2 rings (SSSR count). The lowest BCUT2D eigenvalue weighted by Gasteiger charge is -2.08. The van der Waals surface area contributed by atoms with Gasteiger partial charge in [-0.1, -0.05) is 48.7 Å². The lowest BCUT2D eigenvalue weighted by Crippen LogP contribution is -2.38. The zero-order valence-electron chi connectivity index (χ0n) is 7.56. The highest BCUT2D eigenvalue weighted by Crippen LogP contribution is 2.05. The molecule has 0 aliphatic heterocycles. The molecule has 0 unspecified atom stereocenters. The highest BCUT2D eigenvalue weighted by Gasteiger charge is 2.20. The number of rotatable bonds is 1. The number of hydrogen-bond acceptors (Lipinski definition) is 3. The van der Waals surface area contributed by atoms with Gasteiger partial charge < -0.3 is 5.11 Å². The van der Waals surface area contributed by atoms with Crippen molar-refractivity contribution in [1.82, 2.24) is 0 Å². The predicted molar refractivity (Wildman–Crippen MR) is 66.4 cm³/mol. The Kier molecular flexibility index (Phi) is 2.46. The van der Waals surface area contributed by atoms with Gasteiger partial charge in [-0.2, -0.15) is 0 Å². The summed E-state index contributed by atoms with van der Waals surface area (Å²) in [6.45, 7) is 0. The Labute approximate surface area is 96.5 Å². The van der Waals surface area contributed by atoms with Crippen molar-refractivity contribution in [3.63, 3.8) is 0 Å². The molecular weight excluding hydrogens is 228 g/mol. The fourth-order valence-corrected chi connectivity index (χ4v) is 2.00. The molecule has 0 atom stereocenters. The Bertz CT molecular complexity index is 599. The van der Waals surface area contributed by atoms with Gasteiger partial charge in [0.15, 0.2) is 0 Å². The van der Waals surface area contributed by atoms with Crippen molar-refractivity contribution in [2.45, 2.75) is 0 Å². The average molecular weight is 234 g/mol. The molecule has 0 heterocycles. The summed E-state index contributed by atoms with van der Waals surface area (Å²) in [5, 5.41) is 10.5. The molecule has 0 aromatic heterocycles. The van der Waals surface area contributed by atoms with Gasteiger partial charge in [-0.05, 0) is 16.5 Å². The number of carbonyl (C=O) groups is 1. The Morgan fingerprint density at radius 1 is 1.20 bits per heavy atom. The first-order valence-corrected chi connectivity index (χ1v) is 5.06. The van der Waals surface area contributed by atoms with Crippen LogP contribution in [0.3, 0.4) is 0 Å². The fourth-order valence-electron chi connectivity index (χ4n) is 1.52. The highest BCUT2D eigenvalue weighted by atomic mass is 32.1. The van der Waals surface area contributed by atoms with Gasteiger partial charge in [0.2, 0.25) is 0 Å². The number of benzene rings is 1. The Hall–Kier alpha value is -1.39. The molecule has 1 aromatic carbocycles. The number of aliphatic carboxylic acids is 1. The summed E-state index contributed by atoms with van der Waals surface area (Å²) in [7, 11) is 0. The van der Waals surface area contributed by atoms with Crippen molar-refractivity contribution < 1.29 is 9.90 Å². The zero-order valence-corrected chi connectivity index (χ0v) is 9.19. The first-order chi connectivity index (χ1) is 7.11. The van der Waals surface area contributed by atoms with Crippen molar-refractivity contribution in [3.05, 3.63) is 34.7 Å². The quantitative estimate of drug-likeness (QED) is 0.716. The van der Waals surface area contributed by atoms with E-state index >= 15 is 0 Å². The van der Waals surface area contributed by atoms with Crippen molar-refractivity contribution in [2.75, 3.05) is 0 Å². The SMILES string of the molecule is O=C(O)C1=c2ccccc2=CC(=S)C1=S. The van der Waals surface area contributed by atoms with Gasteiger partial charge in [0.25, 0.3) is 0 Å². The summed E-state index contributed by atoms with van der Waals surface area (Å²) < 4.78 is 0. The van der Waals surface area contributed by atoms with Crippen LogP contribution in [0.4, 0.5) is 0 Å². The maximum Gasteiger partial charge on any atom is 0.337 e. The zero-order chi connectivity index (χ0) is 11.0. The lowest BCUT2D eigenvalue weighted by atomic mass is 9.99. The predicted octanol–water partition coefficient (Wildman–Crippen LogP) is 0.456. The maximum absolute atomic E-state index is 11.1. The van der Waals surface area contributed by atoms with Crippen molar-refractivity contribution in [3.8, 4) is 0 Å². The van der Waals surface area contributed by atoms with Crippen LogP contribution in [0.25, 0.3) is 11.6 Å². The lowest BCUT2D eigenvalue weighted by molar-refractivity contribution is -0.130. The molecule has 0 saturated heterocycles. The largest absolute Gasteiger partial charge is 0.478 e. The molecule has 1 aliphatic rings. The fraction of sp³-hybridized carbons (Fsp3) is 0. The van der Waals surface area contributed by atoms with E-state index in [2.05, 4.69) is 0 Å². The van der Waals surface area contributed by atoms with Crippen molar-refractivity contribution in [1.29, 1.82) is 0 Å². The van der Waals surface area contributed by atoms with Crippen molar-refractivity contribution >= 4 is 51.8 Å². The monoisotopic (exact) mass is 234 g/mol. The molecule has 4 heteroatoms. The van der Waals surface area contributed by atoms with E-state index in [4.69, 9.17) is 29.5 Å². The summed E-state index contributed by atoms with van der Waals surface area (Å²) >= 11 is 10.0. The Morgan fingerprint density at radius 3 is 2.53 bits per heavy atom. The van der Waals surface area contributed by atoms with Crippen LogP contribution in [0.5, 0.6) is 0 Å². The molecule has 0 spiro atoms. The third-order valence-corrected chi connectivity index (χ3v) is 3.06. The van der Waals surface area contributed by atoms with Crippen LogP contribution in [-0.2, 0) is 4.79 Å². The average Bonchev–Trinajstić information content (AvgIpc) is 2.19. The minimum Gasteiger partial charge on any atom is -0.478 e. The van der Waals surface area contributed by atoms with Crippen molar-refractivity contribution in [2.24, 2.45) is 0 Å². The summed E-state index contributed by atoms with van der Waals surface area (Å²) in [5.74, 6) is -1.03. The van der Waals surface area contributed by atoms with E-state index < -0.39 is 5.97 Å². The topological polar surface area (TPSA) is 37.3 Å². The minimum atomic E-state index is -1.03. The highest BCUT2D eigenvalue weighted by molar-refractivity contribution is 7.91. The van der Waals surface area contributed by atoms with Gasteiger partial charge in [-0.3, -0.25) is 0 Å². The van der Waals surface area contributed by atoms with E-state index in [1.807, 2.05) is 12.1 Å². The van der Waals surface area contributed by atoms with E-state index in [0.29, 0.717) is 10.1 Å². The van der Waals surface area contributed by atoms with Crippen LogP contribution in [0.15, 0.2) is 24.3 Å². The molecule has 74 valence electrons. The second kappa shape index (κ2) is 3.64. The molecule has 0 amide bonds. The minimum absolute atomic E-state index is 0.133. The second-order valence-corrected chi connectivity index (χ2v) is 3.95. The smallest absolute Gasteiger partial charge is 0.337 e. The first kappa shape index (κ1) is 10.1. The van der Waals surface area contributed by atoms with E-state index in [-0.39, 0.29) is 10.4 Å². The molecule has 0 bridgehead atoms. The molecule has 0 fully saturated rings. The van der Waals surface area contributed by atoms with Crippen LogP contribution in [0.2, 0.25) is 0 Å². The van der Waals surface area contributed by atoms with Crippen LogP contribution in [-0.4, -0.2) is 20.8 Å². The number of fused-ring (bicyclic) bond motifs is 1. The van der Waals surface area contributed by atoms with E-state index in [9.17, 15) is 4.79 Å². The molecule has 1 N–H and O–H groups in total. The van der Waals surface area contributed by atoms with Gasteiger partial charge in [0, 0.05) is 0 Å². The number of hydrogen-bond donors (Lipinski definition) is 1. The Morgan fingerprint density at radius 2 is 1.87 bits per heavy atom. The van der Waals surface area contributed by atoms with Gasteiger partial charge in [0.05, 0.1) is 15.3 Å². The maximum atomic E-state index is 11.1. The Balaban J connectivity index is 2.98. The van der Waals surface area contributed by atoms with Gasteiger partial charge in [-0.25, -0.2) is 4.79 Å². The molecule has 0 saturated carbocycles. The number of thiocarbonyl (C=S) groups is 2. The van der Waals surface area contributed by atoms with Gasteiger partial charge in [0.1, 0.15) is 0 Å². The van der Waals surface area contributed by atoms with E-state index in [1.54, 1.807) is 18.2 Å². The summed E-state index contributed by atoms with van der Waals surface area (Å²) in [6, 6.07) is 7.19. The summed E-state index contributed by atoms with van der Waals surface area (Å²) in [4.78, 5) is 11.7. The standard InChI is InChI=1S/C11H6O2S2/c12-11(13)9-7-4-2-1-3-6(7)5-8(14)10(9)15/h1-5H,(H,12,13). The molecule has 15 heavy (non-hydrogen) atoms. The molecule has 2 nitrogen and oxygen atoms in total. The van der Waals surface area contributed by atoms with Gasteiger partial charge in [-0.15, -0.1) is 0 Å². The van der Waals surface area contributed by atoms with Crippen LogP contribution < -0.4 is 10.4 Å². The molecule has 1 aromatic rings. The van der Waals surface area contributed by atoms with E-state index in [0.717, 1.165) is 5.22 Å². The normalized spacial score (nSPS) is 14.5. The van der Waals surface area contributed by atoms with E-state index in [1.165, 1.54) is 0 Å². The first-order valence-electron chi connectivity index (χ1n) is 4.24. The number of carboxylic acid groups (broad SMARTS) is 1. The van der Waals surface area contributed by atoms with Crippen LogP contribution >= 0.6 is 24.4 Å². The molecule has 0 radical (unpaired) electrons. The van der Waals surface area contributed by atoms with Crippen LogP contribution in [0, 0.1) is 0 Å². The molecule has 1 aliphatic carbocycles. The van der Waals surface area contributed by atoms with Crippen LogP contribution in [0.1, 0.15) is 0 Å². The van der Waals surface area contributed by atoms with Gasteiger partial charge >= 0.3 is 5.97 Å². The summed E-state index contributed by atoms with van der Waals surface area (Å²) in [6.07, 6.45) is 1.74. The third kappa shape index (κ3) is 1.62. The third-order valence-electron chi connectivity index (χ3n) is 2.18.